The van der Waals surface area contributed by atoms with Crippen molar-refractivity contribution in [2.75, 3.05) is 24.9 Å². The van der Waals surface area contributed by atoms with E-state index in [0.717, 1.165) is 17.1 Å². The van der Waals surface area contributed by atoms with Crippen molar-refractivity contribution < 1.29 is 9.47 Å². The Balaban J connectivity index is 1.76. The molecule has 0 aliphatic carbocycles. The highest BCUT2D eigenvalue weighted by molar-refractivity contribution is 6.32. The highest BCUT2D eigenvalue weighted by Gasteiger charge is 2.05. The van der Waals surface area contributed by atoms with Gasteiger partial charge in [-0.1, -0.05) is 17.7 Å². The maximum absolute atomic E-state index is 6.12. The minimum absolute atomic E-state index is 0.342. The average Bonchev–Trinajstić information content (AvgIpc) is 2.62. The van der Waals surface area contributed by atoms with Crippen LogP contribution in [0.2, 0.25) is 5.02 Å². The maximum atomic E-state index is 6.12. The lowest BCUT2D eigenvalue weighted by molar-refractivity contribution is 0.415. The van der Waals surface area contributed by atoms with Crippen molar-refractivity contribution in [3.63, 3.8) is 0 Å². The topological polar surface area (TPSA) is 81.2 Å². The highest BCUT2D eigenvalue weighted by Crippen LogP contribution is 2.28. The first-order chi connectivity index (χ1) is 12.2. The molecule has 3 rings (SSSR count). The third-order valence-corrected chi connectivity index (χ3v) is 3.60. The second-order valence-corrected chi connectivity index (χ2v) is 5.40. The van der Waals surface area contributed by atoms with Gasteiger partial charge in [-0.25, -0.2) is 0 Å². The van der Waals surface area contributed by atoms with E-state index in [2.05, 4.69) is 25.8 Å². The lowest BCUT2D eigenvalue weighted by Gasteiger charge is -2.09. The molecule has 0 fully saturated rings. The van der Waals surface area contributed by atoms with Gasteiger partial charge in [0.1, 0.15) is 11.5 Å². The molecule has 2 aromatic carbocycles. The fraction of sp³-hybridized carbons (Fsp3) is 0.118. The highest BCUT2D eigenvalue weighted by atomic mass is 35.5. The molecule has 0 radical (unpaired) electrons. The van der Waals surface area contributed by atoms with Crippen LogP contribution in [-0.2, 0) is 0 Å². The summed E-state index contributed by atoms with van der Waals surface area (Å²) in [7, 11) is 3.18. The summed E-state index contributed by atoms with van der Waals surface area (Å²) in [5.41, 5.74) is 1.56. The molecule has 0 aliphatic rings. The van der Waals surface area contributed by atoms with Gasteiger partial charge in [-0.15, -0.1) is 5.10 Å². The first kappa shape index (κ1) is 16.8. The summed E-state index contributed by atoms with van der Waals surface area (Å²) < 4.78 is 10.3. The van der Waals surface area contributed by atoms with Gasteiger partial charge in [-0.2, -0.15) is 10.1 Å². The summed E-state index contributed by atoms with van der Waals surface area (Å²) in [6.07, 6.45) is 1.53. The Morgan fingerprint density at radius 3 is 2.56 bits per heavy atom. The zero-order valence-corrected chi connectivity index (χ0v) is 14.4. The standard InChI is InChI=1S/C17H16ClN5O2/c1-24-13-5-3-4-11(8-13)20-16-10-19-23-17(22-16)21-12-6-7-15(25-2)14(18)9-12/h3-10H,1-2H3,(H2,20,21,22,23). The number of nitrogens with zero attached hydrogens (tertiary/aromatic N) is 3. The molecule has 0 spiro atoms. The number of anilines is 4. The first-order valence-electron chi connectivity index (χ1n) is 7.39. The van der Waals surface area contributed by atoms with E-state index >= 15 is 0 Å². The summed E-state index contributed by atoms with van der Waals surface area (Å²) in [6, 6.07) is 12.8. The molecule has 2 N–H and O–H groups in total. The van der Waals surface area contributed by atoms with Crippen molar-refractivity contribution in [1.29, 1.82) is 0 Å². The zero-order chi connectivity index (χ0) is 17.6. The van der Waals surface area contributed by atoms with Crippen LogP contribution in [0.1, 0.15) is 0 Å². The Hall–Kier alpha value is -3.06. The Bertz CT molecular complexity index is 875. The lowest BCUT2D eigenvalue weighted by atomic mass is 10.3. The van der Waals surface area contributed by atoms with Crippen molar-refractivity contribution >= 4 is 34.7 Å². The fourth-order valence-electron chi connectivity index (χ4n) is 2.14. The van der Waals surface area contributed by atoms with Crippen LogP contribution in [0.5, 0.6) is 11.5 Å². The van der Waals surface area contributed by atoms with E-state index in [4.69, 9.17) is 21.1 Å². The molecule has 0 unspecified atom stereocenters. The molecular formula is C17H16ClN5O2. The van der Waals surface area contributed by atoms with Gasteiger partial charge in [0.15, 0.2) is 5.82 Å². The number of ether oxygens (including phenoxy) is 2. The smallest absolute Gasteiger partial charge is 0.249 e. The SMILES string of the molecule is COc1cccc(Nc2cnnc(Nc3ccc(OC)c(Cl)c3)n2)c1. The molecular weight excluding hydrogens is 342 g/mol. The third-order valence-electron chi connectivity index (χ3n) is 3.31. The summed E-state index contributed by atoms with van der Waals surface area (Å²) in [5, 5.41) is 14.6. The predicted molar refractivity (Wildman–Crippen MR) is 97.4 cm³/mol. The largest absolute Gasteiger partial charge is 0.497 e. The second-order valence-electron chi connectivity index (χ2n) is 5.00. The van der Waals surface area contributed by atoms with Crippen molar-refractivity contribution in [2.45, 2.75) is 0 Å². The molecule has 1 aromatic heterocycles. The molecule has 0 aliphatic heterocycles. The maximum Gasteiger partial charge on any atom is 0.249 e. The number of hydrogen-bond acceptors (Lipinski definition) is 7. The Morgan fingerprint density at radius 2 is 1.80 bits per heavy atom. The second kappa shape index (κ2) is 7.67. The summed E-state index contributed by atoms with van der Waals surface area (Å²) >= 11 is 6.12. The van der Waals surface area contributed by atoms with E-state index in [1.54, 1.807) is 26.4 Å². The van der Waals surface area contributed by atoms with E-state index in [1.807, 2.05) is 30.3 Å². The van der Waals surface area contributed by atoms with Crippen LogP contribution in [0.15, 0.2) is 48.7 Å². The zero-order valence-electron chi connectivity index (χ0n) is 13.7. The molecule has 0 saturated heterocycles. The van der Waals surface area contributed by atoms with Crippen LogP contribution >= 0.6 is 11.6 Å². The van der Waals surface area contributed by atoms with Gasteiger partial charge < -0.3 is 20.1 Å². The molecule has 128 valence electrons. The molecule has 25 heavy (non-hydrogen) atoms. The number of aromatic nitrogens is 3. The van der Waals surface area contributed by atoms with E-state index in [-0.39, 0.29) is 0 Å². The number of rotatable bonds is 6. The Labute approximate surface area is 150 Å². The van der Waals surface area contributed by atoms with E-state index in [0.29, 0.717) is 22.5 Å². The van der Waals surface area contributed by atoms with Gasteiger partial charge in [-0.05, 0) is 30.3 Å². The quantitative estimate of drug-likeness (QED) is 0.689. The third kappa shape index (κ3) is 4.27. The summed E-state index contributed by atoms with van der Waals surface area (Å²) in [5.74, 6) is 2.23. The molecule has 0 bridgehead atoms. The molecule has 0 atom stereocenters. The van der Waals surface area contributed by atoms with Gasteiger partial charge in [0.05, 0.1) is 25.4 Å². The van der Waals surface area contributed by atoms with Gasteiger partial charge in [0.25, 0.3) is 0 Å². The Kier molecular flexibility index (Phi) is 5.15. The summed E-state index contributed by atoms with van der Waals surface area (Å²) in [6.45, 7) is 0. The summed E-state index contributed by atoms with van der Waals surface area (Å²) in [4.78, 5) is 4.38. The van der Waals surface area contributed by atoms with Crippen molar-refractivity contribution in [3.05, 3.63) is 53.7 Å². The monoisotopic (exact) mass is 357 g/mol. The molecule has 1 heterocycles. The Morgan fingerprint density at radius 1 is 0.960 bits per heavy atom. The number of benzene rings is 2. The first-order valence-corrected chi connectivity index (χ1v) is 7.77. The number of methoxy groups -OCH3 is 2. The van der Waals surface area contributed by atoms with E-state index in [1.165, 1.54) is 6.20 Å². The number of halogens is 1. The minimum atomic E-state index is 0.342. The molecule has 3 aromatic rings. The lowest BCUT2D eigenvalue weighted by Crippen LogP contribution is -2.02. The van der Waals surface area contributed by atoms with Crippen LogP contribution < -0.4 is 20.1 Å². The molecule has 7 nitrogen and oxygen atoms in total. The van der Waals surface area contributed by atoms with Gasteiger partial charge in [-0.3, -0.25) is 0 Å². The fourth-order valence-corrected chi connectivity index (χ4v) is 2.40. The average molecular weight is 358 g/mol. The normalized spacial score (nSPS) is 10.2. The van der Waals surface area contributed by atoms with Gasteiger partial charge in [0.2, 0.25) is 5.95 Å². The number of nitrogens with one attached hydrogen (secondary N) is 2. The predicted octanol–water partition coefficient (Wildman–Crippen LogP) is 4.03. The van der Waals surface area contributed by atoms with Crippen LogP contribution in [-0.4, -0.2) is 29.4 Å². The van der Waals surface area contributed by atoms with Crippen LogP contribution in [0, 0.1) is 0 Å². The van der Waals surface area contributed by atoms with Crippen molar-refractivity contribution in [3.8, 4) is 11.5 Å². The minimum Gasteiger partial charge on any atom is -0.497 e. The van der Waals surface area contributed by atoms with Crippen LogP contribution in [0.25, 0.3) is 0 Å². The van der Waals surface area contributed by atoms with Crippen molar-refractivity contribution in [1.82, 2.24) is 15.2 Å². The van der Waals surface area contributed by atoms with Crippen LogP contribution in [0.4, 0.5) is 23.1 Å². The van der Waals surface area contributed by atoms with Crippen LogP contribution in [0.3, 0.4) is 0 Å². The number of hydrogen-bond donors (Lipinski definition) is 2. The molecule has 0 amide bonds. The van der Waals surface area contributed by atoms with Gasteiger partial charge >= 0.3 is 0 Å². The van der Waals surface area contributed by atoms with Crippen molar-refractivity contribution in [2.24, 2.45) is 0 Å². The van der Waals surface area contributed by atoms with Gasteiger partial charge in [0, 0.05) is 17.4 Å². The van der Waals surface area contributed by atoms with E-state index < -0.39 is 0 Å². The molecule has 0 saturated carbocycles. The molecule has 8 heteroatoms. The van der Waals surface area contributed by atoms with E-state index in [9.17, 15) is 0 Å².